The van der Waals surface area contributed by atoms with Crippen molar-refractivity contribution in [2.24, 2.45) is 5.41 Å². The van der Waals surface area contributed by atoms with Crippen molar-refractivity contribution < 1.29 is 9.53 Å². The van der Waals surface area contributed by atoms with Gasteiger partial charge in [-0.05, 0) is 54.9 Å². The molecule has 1 unspecified atom stereocenters. The molecule has 3 nitrogen and oxygen atoms in total. The average molecular weight is 380 g/mol. The number of rotatable bonds is 2. The molecule has 134 valence electrons. The van der Waals surface area contributed by atoms with Gasteiger partial charge < -0.3 is 10.1 Å². The molecule has 0 fully saturated rings. The van der Waals surface area contributed by atoms with Crippen molar-refractivity contribution in [2.45, 2.75) is 46.0 Å². The van der Waals surface area contributed by atoms with Crippen molar-refractivity contribution >= 4 is 29.2 Å². The highest BCUT2D eigenvalue weighted by Gasteiger charge is 2.38. The third-order valence-electron chi connectivity index (χ3n) is 5.18. The van der Waals surface area contributed by atoms with Gasteiger partial charge in [0.05, 0.1) is 22.7 Å². The van der Waals surface area contributed by atoms with E-state index in [1.54, 1.807) is 6.07 Å². The molecule has 1 aliphatic heterocycles. The van der Waals surface area contributed by atoms with Gasteiger partial charge in [0.1, 0.15) is 0 Å². The van der Waals surface area contributed by atoms with Crippen molar-refractivity contribution in [3.8, 4) is 0 Å². The number of hydrogen-bond acceptors (Lipinski definition) is 3. The standard InChI is InChI=1S/C20H23Cl2NO2/c1-11-17(19(24)25-4)18(12-5-6-14(21)15(22)9-12)13-7-8-20(2,3)10-16(13)23-11/h5-6,9,18,23H,7-8,10H2,1-4H3. The van der Waals surface area contributed by atoms with Crippen molar-refractivity contribution in [3.05, 3.63) is 56.3 Å². The highest BCUT2D eigenvalue weighted by molar-refractivity contribution is 6.42. The SMILES string of the molecule is COC(=O)C1=C(C)NC2=C(CCC(C)(C)C2)C1c1ccc(Cl)c(Cl)c1. The Labute approximate surface area is 159 Å². The summed E-state index contributed by atoms with van der Waals surface area (Å²) >= 11 is 12.3. The first kappa shape index (κ1) is 18.3. The molecule has 5 heteroatoms. The monoisotopic (exact) mass is 379 g/mol. The summed E-state index contributed by atoms with van der Waals surface area (Å²) < 4.78 is 5.07. The van der Waals surface area contributed by atoms with Gasteiger partial charge in [-0.3, -0.25) is 0 Å². The molecule has 25 heavy (non-hydrogen) atoms. The van der Waals surface area contributed by atoms with Crippen LogP contribution in [0.5, 0.6) is 0 Å². The zero-order valence-electron chi connectivity index (χ0n) is 15.0. The zero-order valence-corrected chi connectivity index (χ0v) is 16.5. The topological polar surface area (TPSA) is 38.3 Å². The number of benzene rings is 1. The number of dihydropyridines is 1. The highest BCUT2D eigenvalue weighted by Crippen LogP contribution is 2.48. The summed E-state index contributed by atoms with van der Waals surface area (Å²) in [6, 6.07) is 5.60. The number of ether oxygens (including phenoxy) is 1. The Morgan fingerprint density at radius 3 is 2.64 bits per heavy atom. The van der Waals surface area contributed by atoms with Crippen LogP contribution in [-0.4, -0.2) is 13.1 Å². The number of esters is 1. The Morgan fingerprint density at radius 2 is 2.00 bits per heavy atom. The summed E-state index contributed by atoms with van der Waals surface area (Å²) in [7, 11) is 1.42. The van der Waals surface area contributed by atoms with Crippen LogP contribution in [0, 0.1) is 5.41 Å². The van der Waals surface area contributed by atoms with Crippen molar-refractivity contribution in [1.29, 1.82) is 0 Å². The van der Waals surface area contributed by atoms with Gasteiger partial charge in [0, 0.05) is 17.3 Å². The fourth-order valence-electron chi connectivity index (χ4n) is 3.87. The smallest absolute Gasteiger partial charge is 0.336 e. The van der Waals surface area contributed by atoms with Gasteiger partial charge in [-0.2, -0.15) is 0 Å². The summed E-state index contributed by atoms with van der Waals surface area (Å²) in [4.78, 5) is 12.5. The van der Waals surface area contributed by atoms with Gasteiger partial charge in [-0.15, -0.1) is 0 Å². The first-order valence-electron chi connectivity index (χ1n) is 8.46. The number of carbonyl (C=O) groups is 1. The molecule has 0 aromatic heterocycles. The summed E-state index contributed by atoms with van der Waals surface area (Å²) in [5, 5.41) is 4.47. The summed E-state index contributed by atoms with van der Waals surface area (Å²) in [6.45, 7) is 6.49. The molecule has 0 amide bonds. The van der Waals surface area contributed by atoms with E-state index in [2.05, 4.69) is 19.2 Å². The lowest BCUT2D eigenvalue weighted by atomic mass is 9.69. The number of hydrogen-bond donors (Lipinski definition) is 1. The zero-order chi connectivity index (χ0) is 18.4. The molecule has 0 spiro atoms. The maximum absolute atomic E-state index is 12.5. The van der Waals surface area contributed by atoms with E-state index in [-0.39, 0.29) is 17.3 Å². The molecule has 0 saturated carbocycles. The molecule has 1 heterocycles. The second-order valence-corrected chi connectivity index (χ2v) is 8.42. The van der Waals surface area contributed by atoms with E-state index < -0.39 is 0 Å². The number of methoxy groups -OCH3 is 1. The second-order valence-electron chi connectivity index (χ2n) is 7.61. The Balaban J connectivity index is 2.15. The number of allylic oxidation sites excluding steroid dienone is 3. The van der Waals surface area contributed by atoms with Gasteiger partial charge in [-0.25, -0.2) is 4.79 Å². The Bertz CT molecular complexity index is 793. The lowest BCUT2D eigenvalue weighted by Crippen LogP contribution is -2.34. The average Bonchev–Trinajstić information content (AvgIpc) is 2.54. The normalized spacial score (nSPS) is 22.4. The maximum atomic E-state index is 12.5. The van der Waals surface area contributed by atoms with Crippen molar-refractivity contribution in [1.82, 2.24) is 5.32 Å². The van der Waals surface area contributed by atoms with E-state index in [1.165, 1.54) is 18.4 Å². The minimum atomic E-state index is -0.308. The van der Waals surface area contributed by atoms with E-state index in [0.29, 0.717) is 15.6 Å². The molecule has 1 aromatic carbocycles. The number of carbonyl (C=O) groups excluding carboxylic acids is 1. The fourth-order valence-corrected chi connectivity index (χ4v) is 4.18. The van der Waals surface area contributed by atoms with Crippen LogP contribution in [0.4, 0.5) is 0 Å². The number of halogens is 2. The van der Waals surface area contributed by atoms with Crippen LogP contribution in [0.2, 0.25) is 10.0 Å². The van der Waals surface area contributed by atoms with E-state index in [0.717, 1.165) is 30.5 Å². The summed E-state index contributed by atoms with van der Waals surface area (Å²) in [5.74, 6) is -0.452. The maximum Gasteiger partial charge on any atom is 0.336 e. The second kappa shape index (κ2) is 6.69. The molecule has 0 radical (unpaired) electrons. The van der Waals surface area contributed by atoms with Crippen LogP contribution in [0.15, 0.2) is 40.7 Å². The van der Waals surface area contributed by atoms with Gasteiger partial charge in [0.15, 0.2) is 0 Å². The van der Waals surface area contributed by atoms with Crippen LogP contribution in [0.25, 0.3) is 0 Å². The van der Waals surface area contributed by atoms with Gasteiger partial charge >= 0.3 is 5.97 Å². The Kier molecular flexibility index (Phi) is 4.91. The Morgan fingerprint density at radius 1 is 1.28 bits per heavy atom. The van der Waals surface area contributed by atoms with Crippen LogP contribution < -0.4 is 5.32 Å². The molecule has 3 rings (SSSR count). The largest absolute Gasteiger partial charge is 0.466 e. The number of nitrogens with one attached hydrogen (secondary N) is 1. The van der Waals surface area contributed by atoms with E-state index in [9.17, 15) is 4.79 Å². The molecule has 1 aliphatic carbocycles. The van der Waals surface area contributed by atoms with E-state index in [4.69, 9.17) is 27.9 Å². The first-order chi connectivity index (χ1) is 11.7. The van der Waals surface area contributed by atoms with E-state index >= 15 is 0 Å². The Hall–Kier alpha value is -1.45. The summed E-state index contributed by atoms with van der Waals surface area (Å²) in [5.41, 5.74) is 5.19. The molecular formula is C20H23Cl2NO2. The minimum absolute atomic E-state index is 0.144. The predicted molar refractivity (Wildman–Crippen MR) is 102 cm³/mol. The van der Waals surface area contributed by atoms with Crippen LogP contribution in [-0.2, 0) is 9.53 Å². The molecule has 1 N–H and O–H groups in total. The molecule has 1 aromatic rings. The fraction of sp³-hybridized carbons (Fsp3) is 0.450. The van der Waals surface area contributed by atoms with E-state index in [1.807, 2.05) is 19.1 Å². The third-order valence-corrected chi connectivity index (χ3v) is 5.91. The summed E-state index contributed by atoms with van der Waals surface area (Å²) in [6.07, 6.45) is 2.98. The van der Waals surface area contributed by atoms with Crippen LogP contribution in [0.1, 0.15) is 51.5 Å². The van der Waals surface area contributed by atoms with Crippen LogP contribution >= 0.6 is 23.2 Å². The minimum Gasteiger partial charge on any atom is -0.466 e. The quantitative estimate of drug-likeness (QED) is 0.680. The molecule has 0 saturated heterocycles. The first-order valence-corrected chi connectivity index (χ1v) is 9.22. The highest BCUT2D eigenvalue weighted by atomic mass is 35.5. The third kappa shape index (κ3) is 3.45. The van der Waals surface area contributed by atoms with Gasteiger partial charge in [-0.1, -0.05) is 43.1 Å². The lowest BCUT2D eigenvalue weighted by molar-refractivity contribution is -0.136. The van der Waals surface area contributed by atoms with Crippen molar-refractivity contribution in [3.63, 3.8) is 0 Å². The lowest BCUT2D eigenvalue weighted by Gasteiger charge is -2.40. The predicted octanol–water partition coefficient (Wildman–Crippen LogP) is 5.59. The molecule has 0 bridgehead atoms. The molecule has 1 atom stereocenters. The van der Waals surface area contributed by atoms with Crippen molar-refractivity contribution in [2.75, 3.05) is 7.11 Å². The van der Waals surface area contributed by atoms with Crippen LogP contribution in [0.3, 0.4) is 0 Å². The molecular weight excluding hydrogens is 357 g/mol. The van der Waals surface area contributed by atoms with Gasteiger partial charge in [0.25, 0.3) is 0 Å². The van der Waals surface area contributed by atoms with Gasteiger partial charge in [0.2, 0.25) is 0 Å². The molecule has 2 aliphatic rings.